The number of methoxy groups -OCH3 is 1. The third kappa shape index (κ3) is 1.40. The molecule has 1 aromatic rings. The highest BCUT2D eigenvalue weighted by atomic mass is 16.5. The molecule has 0 N–H and O–H groups in total. The third-order valence-electron chi connectivity index (χ3n) is 3.01. The zero-order valence-electron chi connectivity index (χ0n) is 8.54. The lowest BCUT2D eigenvalue weighted by molar-refractivity contribution is -0.121. The predicted octanol–water partition coefficient (Wildman–Crippen LogP) is 0.518. The fourth-order valence-electron chi connectivity index (χ4n) is 2.20. The van der Waals surface area contributed by atoms with Crippen LogP contribution in [0.1, 0.15) is 37.2 Å². The van der Waals surface area contributed by atoms with Crippen molar-refractivity contribution in [3.8, 4) is 5.75 Å². The number of ether oxygens (including phenoxy) is 1. The maximum Gasteiger partial charge on any atom is 0.268 e. The third-order valence-corrected chi connectivity index (χ3v) is 3.01. The Morgan fingerprint density at radius 3 is 2.47 bits per heavy atom. The SMILES string of the molecule is COc1c(C2CCCCC2=O)c(=O)c1=O. The number of hydrogen-bond donors (Lipinski definition) is 0. The lowest BCUT2D eigenvalue weighted by Crippen LogP contribution is -2.40. The molecule has 0 amide bonds. The van der Waals surface area contributed by atoms with Crippen LogP contribution in [0.3, 0.4) is 0 Å². The molecule has 1 fully saturated rings. The van der Waals surface area contributed by atoms with E-state index in [-0.39, 0.29) is 17.5 Å². The first kappa shape index (κ1) is 10.1. The van der Waals surface area contributed by atoms with Crippen LogP contribution in [0.4, 0.5) is 0 Å². The molecule has 0 radical (unpaired) electrons. The van der Waals surface area contributed by atoms with Gasteiger partial charge in [0.25, 0.3) is 5.43 Å². The average molecular weight is 208 g/mol. The van der Waals surface area contributed by atoms with Crippen LogP contribution in [0.5, 0.6) is 5.75 Å². The topological polar surface area (TPSA) is 60.4 Å². The summed E-state index contributed by atoms with van der Waals surface area (Å²) in [7, 11) is 1.35. The molecule has 1 aromatic carbocycles. The summed E-state index contributed by atoms with van der Waals surface area (Å²) in [5.41, 5.74) is -0.815. The van der Waals surface area contributed by atoms with Gasteiger partial charge in [0.1, 0.15) is 5.78 Å². The van der Waals surface area contributed by atoms with Crippen LogP contribution < -0.4 is 15.6 Å². The molecule has 4 heteroatoms. The van der Waals surface area contributed by atoms with E-state index in [1.165, 1.54) is 7.11 Å². The van der Waals surface area contributed by atoms with Crippen molar-refractivity contribution < 1.29 is 9.53 Å². The van der Waals surface area contributed by atoms with Crippen molar-refractivity contribution in [1.29, 1.82) is 0 Å². The molecule has 0 saturated heterocycles. The highest BCUT2D eigenvalue weighted by Crippen LogP contribution is 2.32. The molecule has 0 aliphatic heterocycles. The first-order valence-corrected chi connectivity index (χ1v) is 5.06. The summed E-state index contributed by atoms with van der Waals surface area (Å²) in [6.07, 6.45) is 2.98. The standard InChI is InChI=1S/C11H12O4/c1-15-11-8(9(13)10(11)14)6-4-2-3-5-7(6)12/h6H,2-5H2,1H3. The summed E-state index contributed by atoms with van der Waals surface area (Å²) >= 11 is 0. The lowest BCUT2D eigenvalue weighted by atomic mass is 9.81. The van der Waals surface area contributed by atoms with Crippen LogP contribution in [-0.2, 0) is 4.79 Å². The molecule has 2 rings (SSSR count). The second kappa shape index (κ2) is 3.61. The van der Waals surface area contributed by atoms with Gasteiger partial charge in [0.15, 0.2) is 5.75 Å². The first-order chi connectivity index (χ1) is 7.16. The van der Waals surface area contributed by atoms with Gasteiger partial charge in [0.05, 0.1) is 18.6 Å². The van der Waals surface area contributed by atoms with Gasteiger partial charge in [-0.15, -0.1) is 0 Å². The number of rotatable bonds is 2. The Morgan fingerprint density at radius 1 is 1.13 bits per heavy atom. The summed E-state index contributed by atoms with van der Waals surface area (Å²) in [6.45, 7) is 0. The number of Topliss-reactive ketones (excluding diaryl/α,β-unsaturated/α-hetero) is 1. The van der Waals surface area contributed by atoms with Crippen LogP contribution in [0.2, 0.25) is 0 Å². The zero-order valence-corrected chi connectivity index (χ0v) is 8.54. The summed E-state index contributed by atoms with van der Waals surface area (Å²) < 4.78 is 4.84. The smallest absolute Gasteiger partial charge is 0.268 e. The van der Waals surface area contributed by atoms with Crippen LogP contribution in [0.15, 0.2) is 9.59 Å². The molecule has 0 heterocycles. The Labute approximate surface area is 86.6 Å². The van der Waals surface area contributed by atoms with Gasteiger partial charge in [-0.25, -0.2) is 0 Å². The van der Waals surface area contributed by atoms with E-state index in [0.717, 1.165) is 12.8 Å². The van der Waals surface area contributed by atoms with Crippen LogP contribution >= 0.6 is 0 Å². The lowest BCUT2D eigenvalue weighted by Gasteiger charge is -2.22. The van der Waals surface area contributed by atoms with E-state index in [9.17, 15) is 14.4 Å². The number of ketones is 1. The van der Waals surface area contributed by atoms with Crippen molar-refractivity contribution in [2.45, 2.75) is 31.6 Å². The van der Waals surface area contributed by atoms with E-state index >= 15 is 0 Å². The Bertz CT molecular complexity index is 465. The normalized spacial score (nSPS) is 21.9. The number of hydrogen-bond acceptors (Lipinski definition) is 4. The highest BCUT2D eigenvalue weighted by molar-refractivity contribution is 5.87. The van der Waals surface area contributed by atoms with E-state index in [4.69, 9.17) is 4.74 Å². The van der Waals surface area contributed by atoms with E-state index in [2.05, 4.69) is 0 Å². The van der Waals surface area contributed by atoms with Crippen molar-refractivity contribution in [2.24, 2.45) is 0 Å². The fraction of sp³-hybridized carbons (Fsp3) is 0.545. The van der Waals surface area contributed by atoms with Crippen LogP contribution in [0, 0.1) is 0 Å². The average Bonchev–Trinajstić information content (AvgIpc) is 2.26. The molecule has 15 heavy (non-hydrogen) atoms. The van der Waals surface area contributed by atoms with Gasteiger partial charge in [0, 0.05) is 6.42 Å². The van der Waals surface area contributed by atoms with Gasteiger partial charge in [0.2, 0.25) is 5.43 Å². The van der Waals surface area contributed by atoms with Gasteiger partial charge >= 0.3 is 0 Å². The zero-order chi connectivity index (χ0) is 11.0. The van der Waals surface area contributed by atoms with E-state index in [1.54, 1.807) is 0 Å². The van der Waals surface area contributed by atoms with Crippen LogP contribution in [0.25, 0.3) is 0 Å². The number of carbonyl (C=O) groups is 1. The highest BCUT2D eigenvalue weighted by Gasteiger charge is 2.34. The maximum absolute atomic E-state index is 11.6. The molecular weight excluding hydrogens is 196 g/mol. The second-order valence-corrected chi connectivity index (χ2v) is 3.87. The Balaban J connectivity index is 2.37. The molecule has 1 atom stereocenters. The largest absolute Gasteiger partial charge is 0.492 e. The first-order valence-electron chi connectivity index (χ1n) is 5.06. The molecule has 1 aliphatic rings. The van der Waals surface area contributed by atoms with Crippen molar-refractivity contribution in [3.63, 3.8) is 0 Å². The molecule has 0 bridgehead atoms. The summed E-state index contributed by atoms with van der Waals surface area (Å²) in [4.78, 5) is 34.0. The van der Waals surface area contributed by atoms with Crippen molar-refractivity contribution >= 4 is 5.78 Å². The molecule has 0 aromatic heterocycles. The summed E-state index contributed by atoms with van der Waals surface area (Å²) in [5.74, 6) is -0.231. The van der Waals surface area contributed by atoms with E-state index in [1.807, 2.05) is 0 Å². The van der Waals surface area contributed by atoms with Gasteiger partial charge in [-0.05, 0) is 12.8 Å². The molecule has 1 unspecified atom stereocenters. The van der Waals surface area contributed by atoms with Gasteiger partial charge in [-0.3, -0.25) is 14.4 Å². The Kier molecular flexibility index (Phi) is 2.42. The van der Waals surface area contributed by atoms with Crippen molar-refractivity contribution in [2.75, 3.05) is 7.11 Å². The van der Waals surface area contributed by atoms with E-state index < -0.39 is 10.9 Å². The Morgan fingerprint density at radius 2 is 1.87 bits per heavy atom. The summed E-state index contributed by atoms with van der Waals surface area (Å²) in [6, 6.07) is 0. The maximum atomic E-state index is 11.6. The Hall–Kier alpha value is -1.45. The van der Waals surface area contributed by atoms with Crippen molar-refractivity contribution in [3.05, 3.63) is 26.0 Å². The quantitative estimate of drug-likeness (QED) is 0.665. The van der Waals surface area contributed by atoms with Gasteiger partial charge in [-0.2, -0.15) is 0 Å². The number of carbonyl (C=O) groups excluding carboxylic acids is 1. The fourth-order valence-corrected chi connectivity index (χ4v) is 2.20. The van der Waals surface area contributed by atoms with Gasteiger partial charge in [-0.1, -0.05) is 6.42 Å². The molecule has 0 spiro atoms. The molecule has 4 nitrogen and oxygen atoms in total. The van der Waals surface area contributed by atoms with Crippen molar-refractivity contribution in [1.82, 2.24) is 0 Å². The molecule has 1 aliphatic carbocycles. The minimum absolute atomic E-state index is 0.0617. The minimum Gasteiger partial charge on any atom is -0.492 e. The van der Waals surface area contributed by atoms with E-state index in [0.29, 0.717) is 18.4 Å². The van der Waals surface area contributed by atoms with Crippen LogP contribution in [-0.4, -0.2) is 12.9 Å². The predicted molar refractivity (Wildman–Crippen MR) is 54.1 cm³/mol. The summed E-state index contributed by atoms with van der Waals surface area (Å²) in [5, 5.41) is 0. The monoisotopic (exact) mass is 208 g/mol. The minimum atomic E-state index is -0.592. The second-order valence-electron chi connectivity index (χ2n) is 3.87. The molecule has 1 saturated carbocycles. The molecule has 80 valence electrons. The van der Waals surface area contributed by atoms with Gasteiger partial charge < -0.3 is 4.74 Å². The molecular formula is C11H12O4.